The monoisotopic (exact) mass is 373 g/mol. The van der Waals surface area contributed by atoms with Crippen LogP contribution in [0.15, 0.2) is 87.5 Å². The maximum atomic E-state index is 12.9. The van der Waals surface area contributed by atoms with Crippen molar-refractivity contribution >= 4 is 27.5 Å². The molecule has 0 saturated carbocycles. The highest BCUT2D eigenvalue weighted by Gasteiger charge is 2.13. The van der Waals surface area contributed by atoms with Crippen molar-refractivity contribution in [2.45, 2.75) is 21.6 Å². The van der Waals surface area contributed by atoms with Crippen LogP contribution in [-0.2, 0) is 10.0 Å². The van der Waals surface area contributed by atoms with Gasteiger partial charge in [-0.15, -0.1) is 0 Å². The summed E-state index contributed by atoms with van der Waals surface area (Å²) in [7, 11) is -3.61. The van der Waals surface area contributed by atoms with Crippen LogP contribution in [0.1, 0.15) is 5.56 Å². The molecule has 3 rings (SSSR count). The first-order valence-corrected chi connectivity index (χ1v) is 9.85. The summed E-state index contributed by atoms with van der Waals surface area (Å²) in [5.74, 6) is -0.273. The zero-order valence-corrected chi connectivity index (χ0v) is 15.1. The second-order valence-electron chi connectivity index (χ2n) is 5.50. The third-order valence-corrected chi connectivity index (χ3v) is 5.90. The molecular weight excluding hydrogens is 357 g/mol. The highest BCUT2D eigenvalue weighted by atomic mass is 32.2. The fourth-order valence-electron chi connectivity index (χ4n) is 2.16. The van der Waals surface area contributed by atoms with Gasteiger partial charge < -0.3 is 0 Å². The van der Waals surface area contributed by atoms with Gasteiger partial charge in [-0.25, -0.2) is 12.8 Å². The molecule has 0 unspecified atom stereocenters. The Kier molecular flexibility index (Phi) is 5.11. The number of anilines is 1. The summed E-state index contributed by atoms with van der Waals surface area (Å²) in [6, 6.07) is 20.0. The van der Waals surface area contributed by atoms with Gasteiger partial charge in [0.25, 0.3) is 10.0 Å². The van der Waals surface area contributed by atoms with Crippen LogP contribution in [0, 0.1) is 12.7 Å². The number of aryl methyl sites for hydroxylation is 1. The van der Waals surface area contributed by atoms with Crippen molar-refractivity contribution in [2.24, 2.45) is 0 Å². The normalized spacial score (nSPS) is 11.3. The SMILES string of the molecule is Cc1ccc(S(=O)(=O)Nc2ccc(Sc3ccc(F)cc3)cc2)cc1. The lowest BCUT2D eigenvalue weighted by atomic mass is 10.2. The molecule has 0 radical (unpaired) electrons. The Hall–Kier alpha value is -2.31. The first kappa shape index (κ1) is 17.5. The van der Waals surface area contributed by atoms with E-state index < -0.39 is 10.0 Å². The second-order valence-corrected chi connectivity index (χ2v) is 8.33. The van der Waals surface area contributed by atoms with E-state index in [2.05, 4.69) is 4.72 Å². The van der Waals surface area contributed by atoms with E-state index in [9.17, 15) is 12.8 Å². The van der Waals surface area contributed by atoms with Crippen LogP contribution in [-0.4, -0.2) is 8.42 Å². The highest BCUT2D eigenvalue weighted by molar-refractivity contribution is 7.99. The van der Waals surface area contributed by atoms with Crippen molar-refractivity contribution in [2.75, 3.05) is 4.72 Å². The van der Waals surface area contributed by atoms with Gasteiger partial charge >= 0.3 is 0 Å². The second kappa shape index (κ2) is 7.29. The lowest BCUT2D eigenvalue weighted by Gasteiger charge is -2.09. The van der Waals surface area contributed by atoms with Gasteiger partial charge in [-0.2, -0.15) is 0 Å². The molecular formula is C19H16FNO2S2. The van der Waals surface area contributed by atoms with Crippen molar-refractivity contribution < 1.29 is 12.8 Å². The van der Waals surface area contributed by atoms with Gasteiger partial charge in [0, 0.05) is 15.5 Å². The minimum absolute atomic E-state index is 0.225. The smallest absolute Gasteiger partial charge is 0.261 e. The average Bonchev–Trinajstić information content (AvgIpc) is 2.59. The molecule has 0 aliphatic carbocycles. The van der Waals surface area contributed by atoms with Crippen LogP contribution in [0.2, 0.25) is 0 Å². The fraction of sp³-hybridized carbons (Fsp3) is 0.0526. The van der Waals surface area contributed by atoms with E-state index in [1.54, 1.807) is 48.5 Å². The lowest BCUT2D eigenvalue weighted by Crippen LogP contribution is -2.12. The standard InChI is InChI=1S/C19H16FNO2S2/c1-14-2-12-19(13-3-14)25(22,23)21-16-6-10-18(11-7-16)24-17-8-4-15(20)5-9-17/h2-13,21H,1H3. The predicted molar refractivity (Wildman–Crippen MR) is 99.0 cm³/mol. The van der Waals surface area contributed by atoms with Crippen LogP contribution in [0.4, 0.5) is 10.1 Å². The van der Waals surface area contributed by atoms with Crippen molar-refractivity contribution in [3.8, 4) is 0 Å². The topological polar surface area (TPSA) is 46.2 Å². The Balaban J connectivity index is 1.71. The molecule has 0 aliphatic heterocycles. The van der Waals surface area contributed by atoms with E-state index in [1.807, 2.05) is 19.1 Å². The Morgan fingerprint density at radius 3 is 1.88 bits per heavy atom. The molecule has 1 N–H and O–H groups in total. The zero-order chi connectivity index (χ0) is 17.9. The summed E-state index contributed by atoms with van der Waals surface area (Å²) in [6.07, 6.45) is 0. The predicted octanol–water partition coefficient (Wildman–Crippen LogP) is 5.09. The quantitative estimate of drug-likeness (QED) is 0.678. The third kappa shape index (κ3) is 4.61. The highest BCUT2D eigenvalue weighted by Crippen LogP contribution is 2.29. The third-order valence-electron chi connectivity index (χ3n) is 3.49. The van der Waals surface area contributed by atoms with Crippen LogP contribution >= 0.6 is 11.8 Å². The van der Waals surface area contributed by atoms with Crippen molar-refractivity contribution in [1.82, 2.24) is 0 Å². The summed E-state index contributed by atoms with van der Waals surface area (Å²) in [5.41, 5.74) is 1.49. The van der Waals surface area contributed by atoms with Crippen molar-refractivity contribution in [3.05, 3.63) is 84.2 Å². The van der Waals surface area contributed by atoms with Crippen molar-refractivity contribution in [1.29, 1.82) is 0 Å². The van der Waals surface area contributed by atoms with E-state index in [-0.39, 0.29) is 10.7 Å². The van der Waals surface area contributed by atoms with Gasteiger partial charge in [-0.05, 0) is 67.6 Å². The molecule has 0 atom stereocenters. The number of hydrogen-bond donors (Lipinski definition) is 1. The van der Waals surface area contributed by atoms with Crippen LogP contribution in [0.5, 0.6) is 0 Å². The molecule has 3 aromatic rings. The molecule has 0 fully saturated rings. The molecule has 0 heterocycles. The van der Waals surface area contributed by atoms with Crippen molar-refractivity contribution in [3.63, 3.8) is 0 Å². The average molecular weight is 373 g/mol. The van der Waals surface area contributed by atoms with Gasteiger partial charge in [0.05, 0.1) is 4.90 Å². The van der Waals surface area contributed by atoms with Crippen LogP contribution in [0.3, 0.4) is 0 Å². The zero-order valence-electron chi connectivity index (χ0n) is 13.4. The largest absolute Gasteiger partial charge is 0.280 e. The molecule has 3 aromatic carbocycles. The number of halogens is 1. The maximum absolute atomic E-state index is 12.9. The molecule has 0 bridgehead atoms. The molecule has 6 heteroatoms. The Labute approximate surface area is 151 Å². The number of hydrogen-bond acceptors (Lipinski definition) is 3. The molecule has 0 amide bonds. The van der Waals surface area contributed by atoms with Gasteiger partial charge in [0.2, 0.25) is 0 Å². The Morgan fingerprint density at radius 1 is 0.800 bits per heavy atom. The molecule has 0 saturated heterocycles. The molecule has 25 heavy (non-hydrogen) atoms. The minimum atomic E-state index is -3.61. The van der Waals surface area contributed by atoms with Crippen LogP contribution < -0.4 is 4.72 Å². The molecule has 3 nitrogen and oxygen atoms in total. The lowest BCUT2D eigenvalue weighted by molar-refractivity contribution is 0.601. The van der Waals surface area contributed by atoms with Gasteiger partial charge in [-0.3, -0.25) is 4.72 Å². The molecule has 0 aromatic heterocycles. The van der Waals surface area contributed by atoms with Crippen LogP contribution in [0.25, 0.3) is 0 Å². The van der Waals surface area contributed by atoms with E-state index in [4.69, 9.17) is 0 Å². The van der Waals surface area contributed by atoms with Gasteiger partial charge in [0.15, 0.2) is 0 Å². The molecule has 0 spiro atoms. The van der Waals surface area contributed by atoms with Gasteiger partial charge in [-0.1, -0.05) is 29.5 Å². The Morgan fingerprint density at radius 2 is 1.32 bits per heavy atom. The minimum Gasteiger partial charge on any atom is -0.280 e. The van der Waals surface area contributed by atoms with E-state index in [1.165, 1.54) is 23.9 Å². The van der Waals surface area contributed by atoms with E-state index in [0.29, 0.717) is 5.69 Å². The maximum Gasteiger partial charge on any atom is 0.261 e. The summed E-state index contributed by atoms with van der Waals surface area (Å²) >= 11 is 1.48. The van der Waals surface area contributed by atoms with E-state index >= 15 is 0 Å². The summed E-state index contributed by atoms with van der Waals surface area (Å²) in [6.45, 7) is 1.90. The first-order valence-electron chi connectivity index (χ1n) is 7.55. The summed E-state index contributed by atoms with van der Waals surface area (Å²) in [5, 5.41) is 0. The first-order chi connectivity index (χ1) is 11.9. The molecule has 0 aliphatic rings. The van der Waals surface area contributed by atoms with E-state index in [0.717, 1.165) is 15.4 Å². The number of nitrogens with one attached hydrogen (secondary N) is 1. The summed E-state index contributed by atoms with van der Waals surface area (Å²) in [4.78, 5) is 2.07. The number of rotatable bonds is 5. The number of benzene rings is 3. The van der Waals surface area contributed by atoms with Gasteiger partial charge in [0.1, 0.15) is 5.82 Å². The molecule has 128 valence electrons. The summed E-state index contributed by atoms with van der Waals surface area (Å²) < 4.78 is 40.2. The number of sulfonamides is 1. The fourth-order valence-corrected chi connectivity index (χ4v) is 4.04. The Bertz CT molecular complexity index is 952.